The number of amides is 1. The SMILES string of the molecule is CNCCCN1CCC(CCCC2CCN(CCCNC(=O)CCCCCCC(C)=O)CC2)CC1. The first-order chi connectivity index (χ1) is 17.1. The number of rotatable bonds is 19. The summed E-state index contributed by atoms with van der Waals surface area (Å²) in [6.45, 7) is 11.1. The predicted molar refractivity (Wildman–Crippen MR) is 147 cm³/mol. The maximum Gasteiger partial charge on any atom is 0.219 e. The maximum absolute atomic E-state index is 12.0. The minimum Gasteiger partial charge on any atom is -0.356 e. The van der Waals surface area contributed by atoms with Crippen molar-refractivity contribution in [3.63, 3.8) is 0 Å². The fraction of sp³-hybridized carbons (Fsp3) is 0.931. The molecule has 2 rings (SSSR count). The van der Waals surface area contributed by atoms with Crippen LogP contribution >= 0.6 is 0 Å². The molecular weight excluding hydrogens is 436 g/mol. The van der Waals surface area contributed by atoms with Gasteiger partial charge in [-0.1, -0.05) is 32.1 Å². The number of ketones is 1. The van der Waals surface area contributed by atoms with Crippen molar-refractivity contribution in [1.29, 1.82) is 0 Å². The van der Waals surface area contributed by atoms with E-state index in [0.29, 0.717) is 12.8 Å². The van der Waals surface area contributed by atoms with Gasteiger partial charge in [0.05, 0.1) is 0 Å². The van der Waals surface area contributed by atoms with Gasteiger partial charge in [0.1, 0.15) is 5.78 Å². The van der Waals surface area contributed by atoms with Crippen molar-refractivity contribution >= 4 is 11.7 Å². The minimum absolute atomic E-state index is 0.190. The largest absolute Gasteiger partial charge is 0.356 e. The van der Waals surface area contributed by atoms with Gasteiger partial charge in [-0.05, 0) is 123 Å². The van der Waals surface area contributed by atoms with Crippen molar-refractivity contribution in [2.45, 2.75) is 103 Å². The van der Waals surface area contributed by atoms with Crippen LogP contribution in [0.4, 0.5) is 0 Å². The van der Waals surface area contributed by atoms with E-state index in [-0.39, 0.29) is 11.7 Å². The van der Waals surface area contributed by atoms with Gasteiger partial charge in [-0.3, -0.25) is 4.79 Å². The van der Waals surface area contributed by atoms with Crippen molar-refractivity contribution in [1.82, 2.24) is 20.4 Å². The molecule has 6 heteroatoms. The second kappa shape index (κ2) is 19.2. The molecule has 0 aromatic carbocycles. The number of piperidine rings is 2. The Morgan fingerprint density at radius 2 is 1.20 bits per heavy atom. The number of nitrogens with zero attached hydrogens (tertiary/aromatic N) is 2. The zero-order valence-corrected chi connectivity index (χ0v) is 23.1. The number of hydrogen-bond acceptors (Lipinski definition) is 5. The maximum atomic E-state index is 12.0. The second-order valence-corrected chi connectivity index (χ2v) is 11.3. The van der Waals surface area contributed by atoms with Crippen LogP contribution in [-0.2, 0) is 9.59 Å². The molecular formula is C29H56N4O2. The third kappa shape index (κ3) is 15.0. The average molecular weight is 493 g/mol. The zero-order valence-electron chi connectivity index (χ0n) is 23.1. The van der Waals surface area contributed by atoms with Gasteiger partial charge in [0.15, 0.2) is 0 Å². The first kappa shape index (κ1) is 30.2. The van der Waals surface area contributed by atoms with Gasteiger partial charge in [-0.25, -0.2) is 0 Å². The topological polar surface area (TPSA) is 64.7 Å². The first-order valence-corrected chi connectivity index (χ1v) is 14.9. The number of nitrogens with one attached hydrogen (secondary N) is 2. The minimum atomic E-state index is 0.190. The van der Waals surface area contributed by atoms with Crippen LogP contribution < -0.4 is 10.6 Å². The van der Waals surface area contributed by atoms with Gasteiger partial charge in [0.2, 0.25) is 5.91 Å². The quantitative estimate of drug-likeness (QED) is 0.258. The van der Waals surface area contributed by atoms with Crippen molar-refractivity contribution in [2.24, 2.45) is 11.8 Å². The molecule has 1 amide bonds. The molecule has 0 radical (unpaired) electrons. The molecule has 35 heavy (non-hydrogen) atoms. The molecule has 6 nitrogen and oxygen atoms in total. The average Bonchev–Trinajstić information content (AvgIpc) is 2.86. The third-order valence-electron chi connectivity index (χ3n) is 8.20. The summed E-state index contributed by atoms with van der Waals surface area (Å²) in [5.74, 6) is 2.36. The van der Waals surface area contributed by atoms with Gasteiger partial charge in [-0.2, -0.15) is 0 Å². The number of carbonyl (C=O) groups is 2. The summed E-state index contributed by atoms with van der Waals surface area (Å²) in [6, 6.07) is 0. The lowest BCUT2D eigenvalue weighted by Gasteiger charge is -2.33. The highest BCUT2D eigenvalue weighted by atomic mass is 16.1. The monoisotopic (exact) mass is 492 g/mol. The fourth-order valence-corrected chi connectivity index (χ4v) is 5.80. The summed E-state index contributed by atoms with van der Waals surface area (Å²) in [6.07, 6.45) is 17.5. The normalized spacial score (nSPS) is 18.7. The fourth-order valence-electron chi connectivity index (χ4n) is 5.80. The van der Waals surface area contributed by atoms with Gasteiger partial charge < -0.3 is 25.2 Å². The molecule has 2 aliphatic rings. The predicted octanol–water partition coefficient (Wildman–Crippen LogP) is 4.63. The second-order valence-electron chi connectivity index (χ2n) is 11.3. The van der Waals surface area contributed by atoms with Crippen LogP contribution in [0.2, 0.25) is 0 Å². The Morgan fingerprint density at radius 1 is 0.686 bits per heavy atom. The molecule has 0 bridgehead atoms. The van der Waals surface area contributed by atoms with Crippen LogP contribution in [0, 0.1) is 11.8 Å². The van der Waals surface area contributed by atoms with Crippen LogP contribution in [0.1, 0.15) is 103 Å². The summed E-state index contributed by atoms with van der Waals surface area (Å²) in [7, 11) is 2.05. The van der Waals surface area contributed by atoms with E-state index < -0.39 is 0 Å². The zero-order chi connectivity index (χ0) is 25.1. The van der Waals surface area contributed by atoms with E-state index in [1.54, 1.807) is 6.92 Å². The standard InChI is InChI=1S/C29H56N4O2/c1-26(34)10-5-3-4-6-13-29(35)31-19-9-21-33-24-16-28(17-25-33)12-7-11-27-14-22-32(23-15-27)20-8-18-30-2/h27-28,30H,3-25H2,1-2H3,(H,31,35). The van der Waals surface area contributed by atoms with Crippen LogP contribution in [-0.4, -0.2) is 80.9 Å². The lowest BCUT2D eigenvalue weighted by Crippen LogP contribution is -2.36. The van der Waals surface area contributed by atoms with Gasteiger partial charge in [0.25, 0.3) is 0 Å². The van der Waals surface area contributed by atoms with E-state index >= 15 is 0 Å². The smallest absolute Gasteiger partial charge is 0.219 e. The molecule has 0 unspecified atom stereocenters. The lowest BCUT2D eigenvalue weighted by molar-refractivity contribution is -0.121. The number of likely N-dealkylation sites (tertiary alicyclic amines) is 2. The van der Waals surface area contributed by atoms with Gasteiger partial charge in [-0.15, -0.1) is 0 Å². The highest BCUT2D eigenvalue weighted by molar-refractivity contribution is 5.76. The highest BCUT2D eigenvalue weighted by Crippen LogP contribution is 2.27. The molecule has 0 aromatic rings. The third-order valence-corrected chi connectivity index (χ3v) is 8.20. The Morgan fingerprint density at radius 3 is 1.71 bits per heavy atom. The van der Waals surface area contributed by atoms with Crippen molar-refractivity contribution in [3.8, 4) is 0 Å². The number of carbonyl (C=O) groups excluding carboxylic acids is 2. The Bertz CT molecular complexity index is 555. The highest BCUT2D eigenvalue weighted by Gasteiger charge is 2.21. The van der Waals surface area contributed by atoms with E-state index in [9.17, 15) is 9.59 Å². The molecule has 204 valence electrons. The lowest BCUT2D eigenvalue weighted by atomic mass is 9.87. The molecule has 2 N–H and O–H groups in total. The molecule has 0 saturated carbocycles. The molecule has 2 fully saturated rings. The van der Waals surface area contributed by atoms with Crippen molar-refractivity contribution in [3.05, 3.63) is 0 Å². The van der Waals surface area contributed by atoms with Crippen LogP contribution in [0.25, 0.3) is 0 Å². The molecule has 0 atom stereocenters. The van der Waals surface area contributed by atoms with E-state index in [0.717, 1.165) is 63.6 Å². The summed E-state index contributed by atoms with van der Waals surface area (Å²) in [5.41, 5.74) is 0. The van der Waals surface area contributed by atoms with E-state index in [2.05, 4.69) is 20.4 Å². The Balaban J connectivity index is 1.39. The van der Waals surface area contributed by atoms with E-state index in [4.69, 9.17) is 0 Å². The first-order valence-electron chi connectivity index (χ1n) is 14.9. The number of Topliss-reactive ketones (excluding diaryl/α,β-unsaturated/α-hetero) is 1. The molecule has 2 saturated heterocycles. The molecule has 0 aliphatic carbocycles. The molecule has 0 spiro atoms. The molecule has 0 aromatic heterocycles. The van der Waals surface area contributed by atoms with Crippen LogP contribution in [0.5, 0.6) is 0 Å². The summed E-state index contributed by atoms with van der Waals surface area (Å²) >= 11 is 0. The van der Waals surface area contributed by atoms with Gasteiger partial charge >= 0.3 is 0 Å². The van der Waals surface area contributed by atoms with Crippen molar-refractivity contribution < 1.29 is 9.59 Å². The summed E-state index contributed by atoms with van der Waals surface area (Å²) in [5, 5.41) is 6.34. The molecule has 2 heterocycles. The summed E-state index contributed by atoms with van der Waals surface area (Å²) in [4.78, 5) is 28.2. The van der Waals surface area contributed by atoms with Crippen LogP contribution in [0.3, 0.4) is 0 Å². The Labute approximate surface area is 216 Å². The number of unbranched alkanes of at least 4 members (excludes halogenated alkanes) is 3. The van der Waals surface area contributed by atoms with Crippen LogP contribution in [0.15, 0.2) is 0 Å². The molecule has 2 aliphatic heterocycles. The van der Waals surface area contributed by atoms with E-state index in [1.165, 1.54) is 84.1 Å². The van der Waals surface area contributed by atoms with E-state index in [1.807, 2.05) is 7.05 Å². The Hall–Kier alpha value is -0.980. The Kier molecular flexibility index (Phi) is 16.6. The van der Waals surface area contributed by atoms with Gasteiger partial charge in [0, 0.05) is 19.4 Å². The van der Waals surface area contributed by atoms with Crippen molar-refractivity contribution in [2.75, 3.05) is 59.4 Å². The number of hydrogen-bond donors (Lipinski definition) is 2. The summed E-state index contributed by atoms with van der Waals surface area (Å²) < 4.78 is 0.